The Bertz CT molecular complexity index is 1750. The van der Waals surface area contributed by atoms with Gasteiger partial charge in [0.15, 0.2) is 0 Å². The number of aliphatic hydroxyl groups is 2. The zero-order valence-electron chi connectivity index (χ0n) is 38.1. The smallest absolute Gasteiger partial charge is 0.326 e. The van der Waals surface area contributed by atoms with Crippen LogP contribution in [0.15, 0.2) is 60.7 Å². The lowest BCUT2D eigenvalue weighted by Crippen LogP contribution is -2.63. The SMILES string of the molecule is CCCCCCCCCC(=O)N[C@H](C(=O)N[C@H](C(=O)N[C@H](C(=O)N[C@@H](Cc1ccccc1)C(=O)N[C@@H](CCCCN)C(=O)N[C@@H](Cc1ccccc1)C(=O)O)[C@@H](C)O)C(C)C)[C@@H](C)O. The van der Waals surface area contributed by atoms with E-state index < -0.39 is 95.8 Å². The molecule has 0 spiro atoms. The third kappa shape index (κ3) is 20.4. The average molecular weight is 896 g/mol. The summed E-state index contributed by atoms with van der Waals surface area (Å²) >= 11 is 0. The lowest BCUT2D eigenvalue weighted by Gasteiger charge is -2.30. The van der Waals surface area contributed by atoms with Gasteiger partial charge in [0.05, 0.1) is 12.2 Å². The van der Waals surface area contributed by atoms with Gasteiger partial charge >= 0.3 is 5.97 Å². The number of benzene rings is 2. The maximum absolute atomic E-state index is 14.1. The number of amides is 6. The topological polar surface area (TPSA) is 278 Å². The molecule has 0 fully saturated rings. The minimum Gasteiger partial charge on any atom is -0.480 e. The van der Waals surface area contributed by atoms with Crippen LogP contribution < -0.4 is 37.6 Å². The molecule has 2 aromatic carbocycles. The molecular weight excluding hydrogens is 823 g/mol. The van der Waals surface area contributed by atoms with Gasteiger partial charge in [-0.1, -0.05) is 120 Å². The highest BCUT2D eigenvalue weighted by molar-refractivity contribution is 5.97. The van der Waals surface area contributed by atoms with Crippen molar-refractivity contribution in [2.24, 2.45) is 11.7 Å². The molecule has 0 saturated carbocycles. The molecule has 0 bridgehead atoms. The van der Waals surface area contributed by atoms with Gasteiger partial charge in [0.1, 0.15) is 36.3 Å². The van der Waals surface area contributed by atoms with Gasteiger partial charge in [-0.3, -0.25) is 28.8 Å². The van der Waals surface area contributed by atoms with E-state index in [9.17, 15) is 48.9 Å². The van der Waals surface area contributed by atoms with Crippen LogP contribution in [0.5, 0.6) is 0 Å². The Labute approximate surface area is 377 Å². The average Bonchev–Trinajstić information content (AvgIpc) is 3.25. The van der Waals surface area contributed by atoms with Crippen LogP contribution in [0.25, 0.3) is 0 Å². The summed E-state index contributed by atoms with van der Waals surface area (Å²) in [6, 6.07) is 9.24. The van der Waals surface area contributed by atoms with Crippen molar-refractivity contribution in [2.75, 3.05) is 6.54 Å². The van der Waals surface area contributed by atoms with E-state index in [1.54, 1.807) is 74.5 Å². The molecule has 0 aliphatic heterocycles. The third-order valence-corrected chi connectivity index (χ3v) is 10.8. The molecule has 2 rings (SSSR count). The molecule has 17 nitrogen and oxygen atoms in total. The number of hydrogen-bond acceptors (Lipinski definition) is 10. The predicted octanol–water partition coefficient (Wildman–Crippen LogP) is 2.15. The highest BCUT2D eigenvalue weighted by Gasteiger charge is 2.36. The largest absolute Gasteiger partial charge is 0.480 e. The van der Waals surface area contributed by atoms with Gasteiger partial charge in [-0.2, -0.15) is 0 Å². The van der Waals surface area contributed by atoms with E-state index in [0.717, 1.165) is 38.5 Å². The Balaban J connectivity index is 2.26. The number of rotatable bonds is 31. The van der Waals surface area contributed by atoms with Gasteiger partial charge in [-0.05, 0) is 63.1 Å². The second kappa shape index (κ2) is 29.9. The Morgan fingerprint density at radius 3 is 1.47 bits per heavy atom. The van der Waals surface area contributed by atoms with Crippen LogP contribution in [-0.2, 0) is 46.4 Å². The van der Waals surface area contributed by atoms with E-state index >= 15 is 0 Å². The Kier molecular flexibility index (Phi) is 25.6. The summed E-state index contributed by atoms with van der Waals surface area (Å²) < 4.78 is 0. The second-order valence-corrected chi connectivity index (χ2v) is 16.8. The van der Waals surface area contributed by atoms with Crippen molar-refractivity contribution >= 4 is 41.4 Å². The summed E-state index contributed by atoms with van der Waals surface area (Å²) in [5, 5.41) is 46.7. The van der Waals surface area contributed by atoms with Crippen LogP contribution in [0.2, 0.25) is 0 Å². The quantitative estimate of drug-likeness (QED) is 0.0490. The first-order valence-corrected chi connectivity index (χ1v) is 22.7. The number of nitrogens with one attached hydrogen (secondary N) is 6. The van der Waals surface area contributed by atoms with Crippen molar-refractivity contribution in [3.63, 3.8) is 0 Å². The van der Waals surface area contributed by atoms with E-state index in [2.05, 4.69) is 38.8 Å². The number of unbranched alkanes of at least 4 members (excludes halogenated alkanes) is 7. The normalized spacial score (nSPS) is 15.0. The molecule has 0 aromatic heterocycles. The number of nitrogens with two attached hydrogens (primary N) is 1. The van der Waals surface area contributed by atoms with Crippen LogP contribution in [-0.4, -0.2) is 112 Å². The minimum atomic E-state index is -1.64. The predicted molar refractivity (Wildman–Crippen MR) is 243 cm³/mol. The summed E-state index contributed by atoms with van der Waals surface area (Å²) in [4.78, 5) is 93.9. The summed E-state index contributed by atoms with van der Waals surface area (Å²) in [6.07, 6.45) is 5.27. The first-order valence-electron chi connectivity index (χ1n) is 22.7. The van der Waals surface area contributed by atoms with Crippen molar-refractivity contribution in [1.82, 2.24) is 31.9 Å². The number of aliphatic hydroxyl groups excluding tert-OH is 2. The molecule has 0 heterocycles. The number of hydrogen-bond donors (Lipinski definition) is 10. The summed E-state index contributed by atoms with van der Waals surface area (Å²) in [5.74, 6) is -6.43. The zero-order valence-corrected chi connectivity index (χ0v) is 38.1. The van der Waals surface area contributed by atoms with Crippen molar-refractivity contribution in [3.8, 4) is 0 Å². The molecule has 2 aromatic rings. The van der Waals surface area contributed by atoms with E-state index in [-0.39, 0.29) is 25.7 Å². The van der Waals surface area contributed by atoms with Crippen LogP contribution >= 0.6 is 0 Å². The van der Waals surface area contributed by atoms with Crippen molar-refractivity contribution < 1.29 is 48.9 Å². The van der Waals surface area contributed by atoms with E-state index in [1.165, 1.54) is 13.8 Å². The van der Waals surface area contributed by atoms with Gasteiger partial charge in [0, 0.05) is 19.3 Å². The molecular formula is C47H73N7O10. The molecule has 17 heteroatoms. The molecule has 0 aliphatic rings. The van der Waals surface area contributed by atoms with Crippen LogP contribution in [0.1, 0.15) is 116 Å². The van der Waals surface area contributed by atoms with Crippen molar-refractivity contribution in [2.45, 2.75) is 167 Å². The second-order valence-electron chi connectivity index (χ2n) is 16.8. The number of carbonyl (C=O) groups excluding carboxylic acids is 6. The molecule has 0 unspecified atom stereocenters. The monoisotopic (exact) mass is 896 g/mol. The number of carbonyl (C=O) groups is 7. The van der Waals surface area contributed by atoms with Gasteiger partial charge < -0.3 is 53.0 Å². The van der Waals surface area contributed by atoms with E-state index in [4.69, 9.17) is 5.73 Å². The highest BCUT2D eigenvalue weighted by atomic mass is 16.4. The van der Waals surface area contributed by atoms with Gasteiger partial charge in [-0.25, -0.2) is 4.79 Å². The minimum absolute atomic E-state index is 0.0110. The fourth-order valence-electron chi connectivity index (χ4n) is 7.00. The van der Waals surface area contributed by atoms with Crippen LogP contribution in [0, 0.1) is 5.92 Å². The van der Waals surface area contributed by atoms with Gasteiger partial charge in [-0.15, -0.1) is 0 Å². The summed E-state index contributed by atoms with van der Waals surface area (Å²) in [5.41, 5.74) is 7.00. The maximum atomic E-state index is 14.1. The van der Waals surface area contributed by atoms with Crippen LogP contribution in [0.3, 0.4) is 0 Å². The molecule has 0 radical (unpaired) electrons. The number of carboxylic acid groups (broad SMARTS) is 1. The van der Waals surface area contributed by atoms with Crippen LogP contribution in [0.4, 0.5) is 0 Å². The first-order chi connectivity index (χ1) is 30.5. The standard InChI is InChI=1S/C47H73N7O10/c1-6-7-8-9-10-11-18-26-38(57)52-40(31(4)55)46(62)53-39(30(2)3)44(60)54-41(32(5)56)45(61)50-36(28-33-21-14-12-15-22-33)43(59)49-35(25-19-20-27-48)42(58)51-37(47(63)64)29-34-23-16-13-17-24-34/h12-17,21-24,30-32,35-37,39-41,55-56H,6-11,18-20,25-29,48H2,1-5H3,(H,49,59)(H,50,61)(H,51,58)(H,52,57)(H,53,62)(H,54,60)(H,63,64)/t31-,32-,35+,36+,37+,39+,40+,41+/m1/s1. The molecule has 8 atom stereocenters. The van der Waals surface area contributed by atoms with Crippen molar-refractivity contribution in [3.05, 3.63) is 71.8 Å². The molecule has 356 valence electrons. The third-order valence-electron chi connectivity index (χ3n) is 10.8. The van der Waals surface area contributed by atoms with Crippen molar-refractivity contribution in [1.29, 1.82) is 0 Å². The lowest BCUT2D eigenvalue weighted by atomic mass is 10.00. The van der Waals surface area contributed by atoms with E-state index in [1.807, 2.05) is 0 Å². The molecule has 64 heavy (non-hydrogen) atoms. The lowest BCUT2D eigenvalue weighted by molar-refractivity contribution is -0.142. The highest BCUT2D eigenvalue weighted by Crippen LogP contribution is 2.12. The number of aliphatic carboxylic acids is 1. The molecule has 11 N–H and O–H groups in total. The maximum Gasteiger partial charge on any atom is 0.326 e. The van der Waals surface area contributed by atoms with E-state index in [0.29, 0.717) is 36.9 Å². The number of carboxylic acids is 1. The summed E-state index contributed by atoms with van der Waals surface area (Å²) in [7, 11) is 0. The molecule has 6 amide bonds. The fraction of sp³-hybridized carbons (Fsp3) is 0.596. The van der Waals surface area contributed by atoms with Gasteiger partial charge in [0.25, 0.3) is 0 Å². The fourth-order valence-corrected chi connectivity index (χ4v) is 7.00. The summed E-state index contributed by atoms with van der Waals surface area (Å²) in [6.45, 7) is 8.32. The molecule has 0 saturated heterocycles. The molecule has 0 aliphatic carbocycles. The zero-order chi connectivity index (χ0) is 47.6. The van der Waals surface area contributed by atoms with Gasteiger partial charge in [0.2, 0.25) is 35.4 Å². The Hall–Kier alpha value is -5.39. The first kappa shape index (κ1) is 54.7. The Morgan fingerprint density at radius 1 is 0.516 bits per heavy atom. The Morgan fingerprint density at radius 2 is 0.953 bits per heavy atom.